The molecule has 6 heteroatoms. The molecule has 0 aliphatic rings. The summed E-state index contributed by atoms with van der Waals surface area (Å²) >= 11 is 0. The number of hydrogen-bond acceptors (Lipinski definition) is 2. The largest absolute Gasteiger partial charge is 0.482 e. The van der Waals surface area contributed by atoms with Gasteiger partial charge in [-0.15, -0.1) is 0 Å². The van der Waals surface area contributed by atoms with Crippen molar-refractivity contribution in [3.05, 3.63) is 24.0 Å². The molecule has 72 valence electrons. The number of alkyl halides is 3. The summed E-state index contributed by atoms with van der Waals surface area (Å²) in [6.45, 7) is 0. The van der Waals surface area contributed by atoms with Crippen LogP contribution in [0.1, 0.15) is 0 Å². The quantitative estimate of drug-likeness (QED) is 0.409. The molecule has 0 fully saturated rings. The maximum absolute atomic E-state index is 12.6. The highest BCUT2D eigenvalue weighted by Crippen LogP contribution is 2.26. The second-order valence-corrected chi connectivity index (χ2v) is 2.32. The van der Waals surface area contributed by atoms with Crippen LogP contribution < -0.4 is 11.1 Å². The van der Waals surface area contributed by atoms with Crippen molar-refractivity contribution >= 4 is 11.4 Å². The van der Waals surface area contributed by atoms with Crippen LogP contribution >= 0.6 is 0 Å². The third-order valence-electron chi connectivity index (χ3n) is 1.33. The molecular weight excluding hydrogens is 188 g/mol. The lowest BCUT2D eigenvalue weighted by Crippen LogP contribution is -2.21. The topological polar surface area (TPSA) is 38.0 Å². The molecule has 0 atom stereocenters. The van der Waals surface area contributed by atoms with Gasteiger partial charge in [0.05, 0.1) is 11.4 Å². The van der Waals surface area contributed by atoms with Crippen LogP contribution in [0, 0.1) is 5.82 Å². The molecule has 3 N–H and O–H groups in total. The molecule has 1 aromatic carbocycles. The Balaban J connectivity index is 2.96. The molecule has 0 aliphatic carbocycles. The first-order valence-corrected chi connectivity index (χ1v) is 3.29. The normalized spacial score (nSPS) is 11.4. The van der Waals surface area contributed by atoms with Gasteiger partial charge in [0.1, 0.15) is 5.82 Å². The Kier molecular flexibility index (Phi) is 2.31. The van der Waals surface area contributed by atoms with Gasteiger partial charge in [-0.3, -0.25) is 5.32 Å². The predicted octanol–water partition coefficient (Wildman–Crippen LogP) is 2.34. The minimum atomic E-state index is -4.61. The number of anilines is 2. The highest BCUT2D eigenvalue weighted by molar-refractivity contribution is 5.66. The molecule has 2 nitrogen and oxygen atoms in total. The van der Waals surface area contributed by atoms with E-state index in [-0.39, 0.29) is 0 Å². The summed E-state index contributed by atoms with van der Waals surface area (Å²) in [5.41, 5.74) is 4.03. The van der Waals surface area contributed by atoms with Gasteiger partial charge >= 0.3 is 6.30 Å². The summed E-state index contributed by atoms with van der Waals surface area (Å²) in [6, 6.07) is 3.17. The van der Waals surface area contributed by atoms with Gasteiger partial charge in [-0.25, -0.2) is 4.39 Å². The number of nitrogens with two attached hydrogens (primary N) is 1. The van der Waals surface area contributed by atoms with E-state index < -0.39 is 23.5 Å². The fraction of sp³-hybridized carbons (Fsp3) is 0.143. The molecule has 1 aromatic rings. The fourth-order valence-corrected chi connectivity index (χ4v) is 0.799. The Morgan fingerprint density at radius 2 is 1.85 bits per heavy atom. The van der Waals surface area contributed by atoms with Crippen molar-refractivity contribution in [3.8, 4) is 0 Å². The van der Waals surface area contributed by atoms with Crippen molar-refractivity contribution < 1.29 is 17.6 Å². The van der Waals surface area contributed by atoms with Crippen LogP contribution in [0.3, 0.4) is 0 Å². The zero-order valence-corrected chi connectivity index (χ0v) is 6.32. The van der Waals surface area contributed by atoms with Gasteiger partial charge in [0.2, 0.25) is 0 Å². The van der Waals surface area contributed by atoms with Crippen LogP contribution in [0.5, 0.6) is 0 Å². The van der Waals surface area contributed by atoms with Crippen molar-refractivity contribution in [2.24, 2.45) is 0 Å². The average Bonchev–Trinajstić information content (AvgIpc) is 1.96. The minimum Gasteiger partial charge on any atom is -0.395 e. The van der Waals surface area contributed by atoms with E-state index in [2.05, 4.69) is 0 Å². The lowest BCUT2D eigenvalue weighted by molar-refractivity contribution is -0.0998. The summed E-state index contributed by atoms with van der Waals surface area (Å²) < 4.78 is 47.9. The Morgan fingerprint density at radius 3 is 2.38 bits per heavy atom. The van der Waals surface area contributed by atoms with E-state index in [1.54, 1.807) is 0 Å². The Morgan fingerprint density at radius 1 is 1.23 bits per heavy atom. The first-order chi connectivity index (χ1) is 5.90. The zero-order valence-electron chi connectivity index (χ0n) is 6.32. The van der Waals surface area contributed by atoms with Crippen molar-refractivity contribution in [1.82, 2.24) is 0 Å². The Hall–Kier alpha value is -1.46. The Labute approximate surface area is 71.3 Å². The van der Waals surface area contributed by atoms with E-state index in [1.165, 1.54) is 0 Å². The summed E-state index contributed by atoms with van der Waals surface area (Å²) in [7, 11) is 0. The average molecular weight is 194 g/mol. The van der Waals surface area contributed by atoms with Crippen molar-refractivity contribution in [2.75, 3.05) is 11.1 Å². The number of nitrogens with one attached hydrogen (secondary N) is 1. The minimum absolute atomic E-state index is 0.479. The molecule has 0 saturated carbocycles. The maximum atomic E-state index is 12.6. The van der Waals surface area contributed by atoms with Gasteiger partial charge in [0, 0.05) is 0 Å². The molecule has 0 spiro atoms. The maximum Gasteiger partial charge on any atom is 0.482 e. The lowest BCUT2D eigenvalue weighted by atomic mass is 10.2. The van der Waals surface area contributed by atoms with E-state index in [1.807, 2.05) is 0 Å². The van der Waals surface area contributed by atoms with Gasteiger partial charge in [-0.1, -0.05) is 6.07 Å². The van der Waals surface area contributed by atoms with Crippen LogP contribution in [-0.4, -0.2) is 6.30 Å². The standard InChI is InChI=1S/C7H6F4N2/c8-4-2-1-3-5(6(4)12)13-7(9,10)11/h1-3,13H,12H2. The number of rotatable bonds is 1. The predicted molar refractivity (Wildman–Crippen MR) is 40.5 cm³/mol. The van der Waals surface area contributed by atoms with Crippen molar-refractivity contribution in [1.29, 1.82) is 0 Å². The van der Waals surface area contributed by atoms with Gasteiger partial charge in [0.15, 0.2) is 0 Å². The second kappa shape index (κ2) is 3.12. The Bertz CT molecular complexity index is 308. The molecule has 0 radical (unpaired) electrons. The smallest absolute Gasteiger partial charge is 0.395 e. The van der Waals surface area contributed by atoms with Crippen molar-refractivity contribution in [2.45, 2.75) is 6.30 Å². The molecule has 13 heavy (non-hydrogen) atoms. The highest BCUT2D eigenvalue weighted by Gasteiger charge is 2.28. The first-order valence-electron chi connectivity index (χ1n) is 3.29. The van der Waals surface area contributed by atoms with Gasteiger partial charge in [-0.2, -0.15) is 13.2 Å². The second-order valence-electron chi connectivity index (χ2n) is 2.32. The van der Waals surface area contributed by atoms with Crippen LogP contribution in [-0.2, 0) is 0 Å². The number of nitrogen functional groups attached to an aromatic ring is 1. The summed E-state index contributed by atoms with van der Waals surface area (Å²) in [5.74, 6) is -0.880. The molecule has 0 aliphatic heterocycles. The number of para-hydroxylation sites is 1. The van der Waals surface area contributed by atoms with Gasteiger partial charge in [-0.05, 0) is 12.1 Å². The fourth-order valence-electron chi connectivity index (χ4n) is 0.799. The molecule has 1 rings (SSSR count). The third-order valence-corrected chi connectivity index (χ3v) is 1.33. The van der Waals surface area contributed by atoms with Crippen molar-refractivity contribution in [3.63, 3.8) is 0 Å². The lowest BCUT2D eigenvalue weighted by Gasteiger charge is -2.11. The monoisotopic (exact) mass is 194 g/mol. The molecule has 0 heterocycles. The molecule has 0 bridgehead atoms. The van der Waals surface area contributed by atoms with E-state index in [4.69, 9.17) is 5.73 Å². The summed E-state index contributed by atoms with van der Waals surface area (Å²) in [6.07, 6.45) is -4.61. The third kappa shape index (κ3) is 2.50. The zero-order chi connectivity index (χ0) is 10.1. The summed E-state index contributed by atoms with van der Waals surface area (Å²) in [4.78, 5) is 0. The van der Waals surface area contributed by atoms with Crippen LogP contribution in [0.4, 0.5) is 28.9 Å². The van der Waals surface area contributed by atoms with E-state index >= 15 is 0 Å². The molecule has 0 aromatic heterocycles. The van der Waals surface area contributed by atoms with Gasteiger partial charge < -0.3 is 5.73 Å². The summed E-state index contributed by atoms with van der Waals surface area (Å²) in [5, 5.41) is 1.13. The molecule has 0 amide bonds. The number of benzene rings is 1. The van der Waals surface area contributed by atoms with Crippen LogP contribution in [0.15, 0.2) is 18.2 Å². The molecule has 0 saturated heterocycles. The first kappa shape index (κ1) is 9.63. The molecule has 0 unspecified atom stereocenters. The van der Waals surface area contributed by atoms with E-state index in [0.717, 1.165) is 23.5 Å². The SMILES string of the molecule is Nc1c(F)cccc1NC(F)(F)F. The van der Waals surface area contributed by atoms with Crippen LogP contribution in [0.25, 0.3) is 0 Å². The van der Waals surface area contributed by atoms with E-state index in [0.29, 0.717) is 0 Å². The number of hydrogen-bond donors (Lipinski definition) is 2. The number of halogens is 4. The van der Waals surface area contributed by atoms with Gasteiger partial charge in [0.25, 0.3) is 0 Å². The molecular formula is C7H6F4N2. The highest BCUT2D eigenvalue weighted by atomic mass is 19.4. The van der Waals surface area contributed by atoms with E-state index in [9.17, 15) is 17.6 Å². The van der Waals surface area contributed by atoms with Crippen LogP contribution in [0.2, 0.25) is 0 Å².